The van der Waals surface area contributed by atoms with Crippen LogP contribution >= 0.6 is 11.6 Å². The van der Waals surface area contributed by atoms with Crippen molar-refractivity contribution in [1.29, 1.82) is 0 Å². The lowest BCUT2D eigenvalue weighted by atomic mass is 10.1. The summed E-state index contributed by atoms with van der Waals surface area (Å²) in [4.78, 5) is 4.40. The molecule has 1 atom stereocenters. The maximum absolute atomic E-state index is 6.23. The molecule has 1 unspecified atom stereocenters. The Morgan fingerprint density at radius 2 is 2.18 bits per heavy atom. The fraction of sp³-hybridized carbons (Fsp3) is 0.214. The fourth-order valence-electron chi connectivity index (χ4n) is 2.33. The summed E-state index contributed by atoms with van der Waals surface area (Å²) in [6.07, 6.45) is 2.74. The van der Waals surface area contributed by atoms with E-state index in [1.165, 1.54) is 16.8 Å². The van der Waals surface area contributed by atoms with Crippen molar-refractivity contribution in [3.63, 3.8) is 0 Å². The molecule has 3 rings (SSSR count). The number of rotatable bonds is 1. The molecule has 2 aromatic rings. The second-order valence-corrected chi connectivity index (χ2v) is 4.78. The molecule has 2 nitrogen and oxygen atoms in total. The van der Waals surface area contributed by atoms with Gasteiger partial charge in [0.2, 0.25) is 0 Å². The molecule has 1 aliphatic rings. The van der Waals surface area contributed by atoms with Crippen molar-refractivity contribution in [2.24, 2.45) is 0 Å². The number of halogens is 1. The second kappa shape index (κ2) is 4.04. The smallest absolute Gasteiger partial charge is 0.0726 e. The van der Waals surface area contributed by atoms with E-state index < -0.39 is 0 Å². The van der Waals surface area contributed by atoms with Gasteiger partial charge in [-0.2, -0.15) is 0 Å². The Morgan fingerprint density at radius 1 is 1.29 bits per heavy atom. The van der Waals surface area contributed by atoms with Gasteiger partial charge in [-0.1, -0.05) is 23.7 Å². The van der Waals surface area contributed by atoms with E-state index in [-0.39, 0.29) is 6.04 Å². The predicted molar refractivity (Wildman–Crippen MR) is 70.5 cm³/mol. The van der Waals surface area contributed by atoms with Crippen molar-refractivity contribution in [3.8, 4) is 0 Å². The normalized spacial score (nSPS) is 17.6. The van der Waals surface area contributed by atoms with Gasteiger partial charge in [-0.25, -0.2) is 0 Å². The zero-order chi connectivity index (χ0) is 11.8. The van der Waals surface area contributed by atoms with Crippen molar-refractivity contribution in [2.45, 2.75) is 19.4 Å². The van der Waals surface area contributed by atoms with Crippen LogP contribution in [0.5, 0.6) is 0 Å². The average molecular weight is 245 g/mol. The quantitative estimate of drug-likeness (QED) is 0.826. The highest BCUT2D eigenvalue weighted by Gasteiger charge is 2.25. The number of aromatic nitrogens is 1. The first-order valence-corrected chi connectivity index (χ1v) is 6.09. The van der Waals surface area contributed by atoms with Gasteiger partial charge in [-0.3, -0.25) is 4.98 Å². The minimum Gasteiger partial charge on any atom is -0.376 e. The molecule has 3 heteroatoms. The van der Waals surface area contributed by atoms with Crippen LogP contribution in [0.3, 0.4) is 0 Å². The van der Waals surface area contributed by atoms with E-state index in [4.69, 9.17) is 11.6 Å². The van der Waals surface area contributed by atoms with Crippen LogP contribution in [0.15, 0.2) is 36.5 Å². The highest BCUT2D eigenvalue weighted by Crippen LogP contribution is 2.39. The van der Waals surface area contributed by atoms with Gasteiger partial charge in [-0.15, -0.1) is 0 Å². The van der Waals surface area contributed by atoms with Crippen molar-refractivity contribution in [3.05, 3.63) is 58.4 Å². The van der Waals surface area contributed by atoms with E-state index in [9.17, 15) is 0 Å². The van der Waals surface area contributed by atoms with Gasteiger partial charge in [0.05, 0.1) is 11.7 Å². The van der Waals surface area contributed by atoms with E-state index in [2.05, 4.69) is 23.3 Å². The molecular formula is C14H13ClN2. The minimum atomic E-state index is 0.241. The molecule has 0 radical (unpaired) electrons. The zero-order valence-corrected chi connectivity index (χ0v) is 10.3. The molecule has 1 aliphatic heterocycles. The van der Waals surface area contributed by atoms with Gasteiger partial charge in [-0.05, 0) is 36.2 Å². The number of nitrogens with one attached hydrogen (secondary N) is 1. The number of fused-ring (bicyclic) bond motifs is 1. The number of hydrogen-bond acceptors (Lipinski definition) is 2. The van der Waals surface area contributed by atoms with Crippen LogP contribution in [-0.2, 0) is 6.42 Å². The number of pyridine rings is 1. The van der Waals surface area contributed by atoms with Gasteiger partial charge in [0.15, 0.2) is 0 Å². The summed E-state index contributed by atoms with van der Waals surface area (Å²) in [5, 5.41) is 4.36. The average Bonchev–Trinajstić information content (AvgIpc) is 2.81. The standard InChI is InChI=1S/C14H13ClN2/c1-9-5-6-11(15)10-8-13(17-14(9)10)12-4-2-3-7-16-12/h2-7,13,17H,8H2,1H3. The van der Waals surface area contributed by atoms with E-state index in [1.54, 1.807) is 0 Å². The molecule has 0 fully saturated rings. The monoisotopic (exact) mass is 244 g/mol. The molecule has 0 bridgehead atoms. The molecule has 0 amide bonds. The third-order valence-electron chi connectivity index (χ3n) is 3.24. The molecule has 86 valence electrons. The van der Waals surface area contributed by atoms with E-state index >= 15 is 0 Å². The molecule has 1 aromatic carbocycles. The van der Waals surface area contributed by atoms with Crippen LogP contribution < -0.4 is 5.32 Å². The van der Waals surface area contributed by atoms with Crippen molar-refractivity contribution < 1.29 is 0 Å². The van der Waals surface area contributed by atoms with Gasteiger partial charge < -0.3 is 5.32 Å². The molecule has 17 heavy (non-hydrogen) atoms. The second-order valence-electron chi connectivity index (χ2n) is 4.37. The topological polar surface area (TPSA) is 24.9 Å². The summed E-state index contributed by atoms with van der Waals surface area (Å²) in [6, 6.07) is 10.3. The lowest BCUT2D eigenvalue weighted by molar-refractivity contribution is 0.788. The van der Waals surface area contributed by atoms with Gasteiger partial charge in [0.1, 0.15) is 0 Å². The first-order valence-electron chi connectivity index (χ1n) is 5.71. The Morgan fingerprint density at radius 3 is 2.88 bits per heavy atom. The predicted octanol–water partition coefficient (Wildman–Crippen LogP) is 3.75. The Kier molecular flexibility index (Phi) is 2.52. The van der Waals surface area contributed by atoms with Gasteiger partial charge in [0.25, 0.3) is 0 Å². The summed E-state index contributed by atoms with van der Waals surface area (Å²) in [6.45, 7) is 2.10. The summed E-state index contributed by atoms with van der Waals surface area (Å²) < 4.78 is 0. The zero-order valence-electron chi connectivity index (χ0n) is 9.57. The first kappa shape index (κ1) is 10.6. The number of anilines is 1. The highest BCUT2D eigenvalue weighted by molar-refractivity contribution is 6.31. The Hall–Kier alpha value is -1.54. The van der Waals surface area contributed by atoms with Crippen LogP contribution in [0.4, 0.5) is 5.69 Å². The van der Waals surface area contributed by atoms with Crippen molar-refractivity contribution in [2.75, 3.05) is 5.32 Å². The lowest BCUT2D eigenvalue weighted by Crippen LogP contribution is -2.07. The number of hydrogen-bond donors (Lipinski definition) is 1. The third kappa shape index (κ3) is 1.79. The molecule has 1 aromatic heterocycles. The molecule has 0 saturated heterocycles. The lowest BCUT2D eigenvalue weighted by Gasteiger charge is -2.10. The van der Waals surface area contributed by atoms with E-state index in [0.29, 0.717) is 0 Å². The SMILES string of the molecule is Cc1ccc(Cl)c2c1NC(c1ccccn1)C2. The fourth-order valence-corrected chi connectivity index (χ4v) is 2.56. The van der Waals surface area contributed by atoms with Crippen LogP contribution in [0.25, 0.3) is 0 Å². The first-order chi connectivity index (χ1) is 8.25. The molecule has 0 aliphatic carbocycles. The summed E-state index contributed by atoms with van der Waals surface area (Å²) in [5.41, 5.74) is 4.69. The van der Waals surface area contributed by atoms with Crippen LogP contribution in [0.1, 0.15) is 22.9 Å². The minimum absolute atomic E-state index is 0.241. The molecule has 1 N–H and O–H groups in total. The largest absolute Gasteiger partial charge is 0.376 e. The van der Waals surface area contributed by atoms with Crippen molar-refractivity contribution >= 4 is 17.3 Å². The Labute approximate surface area is 106 Å². The van der Waals surface area contributed by atoms with E-state index in [1.807, 2.05) is 30.5 Å². The molecular weight excluding hydrogens is 232 g/mol. The van der Waals surface area contributed by atoms with Gasteiger partial charge in [0, 0.05) is 23.3 Å². The maximum Gasteiger partial charge on any atom is 0.0726 e. The Balaban J connectivity index is 1.98. The third-order valence-corrected chi connectivity index (χ3v) is 3.59. The Bertz CT molecular complexity index is 521. The highest BCUT2D eigenvalue weighted by atomic mass is 35.5. The number of aryl methyl sites for hydroxylation is 1. The molecule has 2 heterocycles. The summed E-state index contributed by atoms with van der Waals surface area (Å²) in [7, 11) is 0. The van der Waals surface area contributed by atoms with Crippen LogP contribution in [-0.4, -0.2) is 4.98 Å². The molecule has 0 saturated carbocycles. The summed E-state index contributed by atoms with van der Waals surface area (Å²) in [5.74, 6) is 0. The van der Waals surface area contributed by atoms with Gasteiger partial charge >= 0.3 is 0 Å². The summed E-state index contributed by atoms with van der Waals surface area (Å²) >= 11 is 6.23. The van der Waals surface area contributed by atoms with Crippen LogP contribution in [0.2, 0.25) is 5.02 Å². The number of benzene rings is 1. The van der Waals surface area contributed by atoms with Crippen molar-refractivity contribution in [1.82, 2.24) is 4.98 Å². The maximum atomic E-state index is 6.23. The number of nitrogens with zero attached hydrogens (tertiary/aromatic N) is 1. The van der Waals surface area contributed by atoms with E-state index in [0.717, 1.165) is 17.1 Å². The van der Waals surface area contributed by atoms with Crippen LogP contribution in [0, 0.1) is 6.92 Å². The molecule has 0 spiro atoms.